The molecule has 0 aliphatic carbocycles. The van der Waals surface area contributed by atoms with Crippen molar-refractivity contribution in [3.63, 3.8) is 0 Å². The van der Waals surface area contributed by atoms with Crippen LogP contribution in [-0.4, -0.2) is 7.11 Å². The lowest BCUT2D eigenvalue weighted by molar-refractivity contribution is 0.407. The Kier molecular flexibility index (Phi) is 3.92. The summed E-state index contributed by atoms with van der Waals surface area (Å²) >= 11 is 3.58. The number of halogens is 3. The summed E-state index contributed by atoms with van der Waals surface area (Å²) in [5, 5.41) is 3.68. The van der Waals surface area contributed by atoms with Gasteiger partial charge in [-0.05, 0) is 37.5 Å². The van der Waals surface area contributed by atoms with Gasteiger partial charge in [-0.15, -0.1) is 0 Å². The fraction of sp³-hybridized carbons (Fsp3) is 0.0476. The van der Waals surface area contributed by atoms with Crippen LogP contribution in [0.4, 0.5) is 8.78 Å². The van der Waals surface area contributed by atoms with Gasteiger partial charge < -0.3 is 4.74 Å². The maximum atomic E-state index is 14.8. The van der Waals surface area contributed by atoms with Crippen LogP contribution in [0.1, 0.15) is 0 Å². The van der Waals surface area contributed by atoms with Crippen molar-refractivity contribution < 1.29 is 13.5 Å². The summed E-state index contributed by atoms with van der Waals surface area (Å²) in [7, 11) is 1.38. The van der Waals surface area contributed by atoms with Crippen LogP contribution in [0.25, 0.3) is 32.7 Å². The monoisotopic (exact) mass is 398 g/mol. The zero-order chi connectivity index (χ0) is 17.6. The first kappa shape index (κ1) is 16.0. The predicted molar refractivity (Wildman–Crippen MR) is 101 cm³/mol. The molecule has 0 spiro atoms. The molecule has 4 aromatic carbocycles. The Hall–Kier alpha value is -2.46. The van der Waals surface area contributed by atoms with Crippen molar-refractivity contribution in [2.45, 2.75) is 0 Å². The van der Waals surface area contributed by atoms with Gasteiger partial charge in [-0.1, -0.05) is 48.5 Å². The number of ether oxygens (including phenoxy) is 1. The quantitative estimate of drug-likeness (QED) is 0.341. The van der Waals surface area contributed by atoms with Gasteiger partial charge in [0.1, 0.15) is 17.4 Å². The molecule has 0 N–H and O–H groups in total. The molecule has 0 bridgehead atoms. The molecular weight excluding hydrogens is 386 g/mol. The van der Waals surface area contributed by atoms with Crippen LogP contribution in [0.3, 0.4) is 0 Å². The van der Waals surface area contributed by atoms with Crippen LogP contribution < -0.4 is 4.74 Å². The molecular formula is C21H13BrF2O. The van der Waals surface area contributed by atoms with E-state index in [1.54, 1.807) is 0 Å². The van der Waals surface area contributed by atoms with Gasteiger partial charge >= 0.3 is 0 Å². The van der Waals surface area contributed by atoms with E-state index in [-0.39, 0.29) is 11.3 Å². The second-order valence-corrected chi connectivity index (χ2v) is 6.54. The largest absolute Gasteiger partial charge is 0.497 e. The first-order valence-electron chi connectivity index (χ1n) is 7.74. The van der Waals surface area contributed by atoms with Crippen molar-refractivity contribution in [2.75, 3.05) is 7.11 Å². The third kappa shape index (κ3) is 2.48. The molecule has 4 heteroatoms. The highest BCUT2D eigenvalue weighted by Gasteiger charge is 2.21. The van der Waals surface area contributed by atoms with Crippen LogP contribution in [0.15, 0.2) is 65.1 Å². The molecule has 0 aromatic heterocycles. The minimum atomic E-state index is -0.655. The maximum absolute atomic E-state index is 14.8. The van der Waals surface area contributed by atoms with E-state index in [1.165, 1.54) is 19.2 Å². The number of hydrogen-bond donors (Lipinski definition) is 0. The van der Waals surface area contributed by atoms with Gasteiger partial charge in [0.05, 0.1) is 12.7 Å². The number of benzene rings is 4. The second-order valence-electron chi connectivity index (χ2n) is 5.75. The topological polar surface area (TPSA) is 9.23 Å². The SMILES string of the molecule is COc1cc(F)c(-c2c(Br)c3ccccc3c3ccccc23)c(F)c1. The summed E-state index contributed by atoms with van der Waals surface area (Å²) in [6.07, 6.45) is 0. The minimum absolute atomic E-state index is 0.0605. The normalized spacial score (nSPS) is 11.2. The average molecular weight is 399 g/mol. The maximum Gasteiger partial charge on any atom is 0.137 e. The van der Waals surface area contributed by atoms with Gasteiger partial charge in [-0.2, -0.15) is 0 Å². The molecule has 124 valence electrons. The van der Waals surface area contributed by atoms with Gasteiger partial charge in [-0.3, -0.25) is 0 Å². The number of hydrogen-bond acceptors (Lipinski definition) is 1. The van der Waals surface area contributed by atoms with E-state index < -0.39 is 11.6 Å². The van der Waals surface area contributed by atoms with E-state index in [9.17, 15) is 8.78 Å². The van der Waals surface area contributed by atoms with E-state index in [2.05, 4.69) is 15.9 Å². The molecule has 4 rings (SSSR count). The second kappa shape index (κ2) is 6.12. The Labute approximate surface area is 152 Å². The van der Waals surface area contributed by atoms with E-state index >= 15 is 0 Å². The molecule has 0 aliphatic heterocycles. The highest BCUT2D eigenvalue weighted by atomic mass is 79.9. The average Bonchev–Trinajstić information content (AvgIpc) is 2.63. The van der Waals surface area contributed by atoms with Crippen molar-refractivity contribution in [2.24, 2.45) is 0 Å². The number of fused-ring (bicyclic) bond motifs is 3. The molecule has 0 aliphatic rings. The lowest BCUT2D eigenvalue weighted by Crippen LogP contribution is -1.96. The van der Waals surface area contributed by atoms with Crippen LogP contribution in [-0.2, 0) is 0 Å². The molecule has 0 heterocycles. The number of rotatable bonds is 2. The van der Waals surface area contributed by atoms with E-state index in [0.717, 1.165) is 21.5 Å². The standard InChI is InChI=1S/C21H13BrF2O/c1-25-12-10-17(23)20(18(24)11-12)19-15-8-4-2-6-13(15)14-7-3-5-9-16(14)21(19)22/h2-11H,1H3. The fourth-order valence-electron chi connectivity index (χ4n) is 3.25. The van der Waals surface area contributed by atoms with Crippen LogP contribution in [0.5, 0.6) is 5.75 Å². The van der Waals surface area contributed by atoms with Gasteiger partial charge in [0.2, 0.25) is 0 Å². The summed E-state index contributed by atoms with van der Waals surface area (Å²) in [6.45, 7) is 0. The Morgan fingerprint density at radius 3 is 1.76 bits per heavy atom. The molecule has 0 fully saturated rings. The summed E-state index contributed by atoms with van der Waals surface area (Å²) < 4.78 is 35.1. The first-order chi connectivity index (χ1) is 12.1. The van der Waals surface area contributed by atoms with Crippen molar-refractivity contribution in [1.82, 2.24) is 0 Å². The lowest BCUT2D eigenvalue weighted by atomic mass is 9.92. The van der Waals surface area contributed by atoms with Crippen LogP contribution in [0, 0.1) is 11.6 Å². The van der Waals surface area contributed by atoms with Crippen molar-refractivity contribution in [3.05, 3.63) is 76.8 Å². The molecule has 0 saturated heterocycles. The van der Waals surface area contributed by atoms with Crippen molar-refractivity contribution in [1.29, 1.82) is 0 Å². The summed E-state index contributed by atoms with van der Waals surface area (Å²) in [5.74, 6) is -1.16. The Morgan fingerprint density at radius 2 is 1.20 bits per heavy atom. The Balaban J connectivity index is 2.20. The highest BCUT2D eigenvalue weighted by molar-refractivity contribution is 9.10. The van der Waals surface area contributed by atoms with Gasteiger partial charge in [0, 0.05) is 22.2 Å². The van der Waals surface area contributed by atoms with E-state index in [4.69, 9.17) is 4.74 Å². The van der Waals surface area contributed by atoms with Crippen LogP contribution >= 0.6 is 15.9 Å². The first-order valence-corrected chi connectivity index (χ1v) is 8.53. The summed E-state index contributed by atoms with van der Waals surface area (Å²) in [5.41, 5.74) is 0.446. The third-order valence-corrected chi connectivity index (χ3v) is 5.19. The molecule has 0 unspecified atom stereocenters. The Morgan fingerprint density at radius 1 is 0.720 bits per heavy atom. The Bertz CT molecular complexity index is 1100. The molecule has 1 nitrogen and oxygen atoms in total. The summed E-state index contributed by atoms with van der Waals surface area (Å²) in [6, 6.07) is 17.9. The summed E-state index contributed by atoms with van der Waals surface area (Å²) in [4.78, 5) is 0. The molecule has 0 amide bonds. The lowest BCUT2D eigenvalue weighted by Gasteiger charge is -2.16. The van der Waals surface area contributed by atoms with Gasteiger partial charge in [0.25, 0.3) is 0 Å². The zero-order valence-corrected chi connectivity index (χ0v) is 14.9. The van der Waals surface area contributed by atoms with Crippen molar-refractivity contribution in [3.8, 4) is 16.9 Å². The minimum Gasteiger partial charge on any atom is -0.497 e. The molecule has 0 radical (unpaired) electrons. The zero-order valence-electron chi connectivity index (χ0n) is 13.3. The van der Waals surface area contributed by atoms with Gasteiger partial charge in [-0.25, -0.2) is 8.78 Å². The smallest absolute Gasteiger partial charge is 0.137 e. The van der Waals surface area contributed by atoms with E-state index in [1.807, 2.05) is 48.5 Å². The predicted octanol–water partition coefficient (Wildman–Crippen LogP) is 6.71. The molecule has 4 aromatic rings. The molecule has 0 saturated carbocycles. The van der Waals surface area contributed by atoms with Crippen molar-refractivity contribution >= 4 is 37.5 Å². The molecule has 0 atom stereocenters. The fourth-order valence-corrected chi connectivity index (χ4v) is 4.01. The third-order valence-electron chi connectivity index (χ3n) is 4.37. The van der Waals surface area contributed by atoms with Gasteiger partial charge in [0.15, 0.2) is 0 Å². The number of methoxy groups -OCH3 is 1. The van der Waals surface area contributed by atoms with Crippen LogP contribution in [0.2, 0.25) is 0 Å². The highest BCUT2D eigenvalue weighted by Crippen LogP contribution is 2.44. The molecule has 25 heavy (non-hydrogen) atoms. The van der Waals surface area contributed by atoms with E-state index in [0.29, 0.717) is 10.0 Å².